The molecule has 0 saturated carbocycles. The second-order valence-corrected chi connectivity index (χ2v) is 5.41. The molecule has 0 aliphatic heterocycles. The Morgan fingerprint density at radius 1 is 1.16 bits per heavy atom. The quantitative estimate of drug-likeness (QED) is 0.744. The fourth-order valence-electron chi connectivity index (χ4n) is 2.01. The van der Waals surface area contributed by atoms with E-state index in [1.165, 1.54) is 5.56 Å². The van der Waals surface area contributed by atoms with Crippen LogP contribution in [-0.4, -0.2) is 5.24 Å². The fraction of sp³-hybridized carbons (Fsp3) is 0.188. The molecule has 19 heavy (non-hydrogen) atoms. The van der Waals surface area contributed by atoms with Crippen LogP contribution >= 0.6 is 23.2 Å². The SMILES string of the molecule is Cc1ccc(CC(C(=O)Cl)c2cccc(Cl)c2)cc1. The van der Waals surface area contributed by atoms with E-state index in [9.17, 15) is 4.79 Å². The molecule has 3 heteroatoms. The molecule has 1 atom stereocenters. The molecule has 0 N–H and O–H groups in total. The van der Waals surface area contributed by atoms with Gasteiger partial charge in [-0.3, -0.25) is 4.79 Å². The van der Waals surface area contributed by atoms with E-state index >= 15 is 0 Å². The van der Waals surface area contributed by atoms with Crippen molar-refractivity contribution in [3.63, 3.8) is 0 Å². The molecule has 0 amide bonds. The zero-order valence-electron chi connectivity index (χ0n) is 10.6. The molecule has 2 rings (SSSR count). The molecule has 1 nitrogen and oxygen atoms in total. The van der Waals surface area contributed by atoms with E-state index < -0.39 is 0 Å². The Labute approximate surface area is 123 Å². The van der Waals surface area contributed by atoms with Gasteiger partial charge in [-0.2, -0.15) is 0 Å². The molecule has 2 aromatic carbocycles. The number of benzene rings is 2. The zero-order valence-corrected chi connectivity index (χ0v) is 12.1. The van der Waals surface area contributed by atoms with Gasteiger partial charge in [0.25, 0.3) is 0 Å². The van der Waals surface area contributed by atoms with Crippen LogP contribution in [0.4, 0.5) is 0 Å². The first kappa shape index (κ1) is 14.1. The van der Waals surface area contributed by atoms with E-state index in [1.807, 2.05) is 43.3 Å². The van der Waals surface area contributed by atoms with Gasteiger partial charge in [-0.25, -0.2) is 0 Å². The molecular formula is C16H14Cl2O. The van der Waals surface area contributed by atoms with Gasteiger partial charge in [-0.05, 0) is 48.2 Å². The Kier molecular flexibility index (Phi) is 4.62. The van der Waals surface area contributed by atoms with E-state index in [1.54, 1.807) is 12.1 Å². The van der Waals surface area contributed by atoms with Crippen LogP contribution in [0.3, 0.4) is 0 Å². The zero-order chi connectivity index (χ0) is 13.8. The summed E-state index contributed by atoms with van der Waals surface area (Å²) in [6.45, 7) is 2.03. The van der Waals surface area contributed by atoms with Gasteiger partial charge in [-0.1, -0.05) is 53.6 Å². The van der Waals surface area contributed by atoms with Crippen molar-refractivity contribution in [2.45, 2.75) is 19.3 Å². The maximum atomic E-state index is 11.6. The maximum absolute atomic E-state index is 11.6. The van der Waals surface area contributed by atoms with Crippen LogP contribution in [0.25, 0.3) is 0 Å². The lowest BCUT2D eigenvalue weighted by Crippen LogP contribution is -2.10. The van der Waals surface area contributed by atoms with Gasteiger partial charge in [-0.15, -0.1) is 0 Å². The summed E-state index contributed by atoms with van der Waals surface area (Å²) in [5, 5.41) is 0.257. The first-order valence-corrected chi connectivity index (χ1v) is 6.82. The minimum atomic E-state index is -0.358. The predicted molar refractivity (Wildman–Crippen MR) is 79.9 cm³/mol. The van der Waals surface area contributed by atoms with Gasteiger partial charge in [0.1, 0.15) is 0 Å². The lowest BCUT2D eigenvalue weighted by molar-refractivity contribution is -0.113. The second kappa shape index (κ2) is 6.23. The van der Waals surface area contributed by atoms with Crippen molar-refractivity contribution in [3.8, 4) is 0 Å². The summed E-state index contributed by atoms with van der Waals surface area (Å²) in [7, 11) is 0. The lowest BCUT2D eigenvalue weighted by atomic mass is 9.93. The van der Waals surface area contributed by atoms with E-state index in [2.05, 4.69) is 0 Å². The van der Waals surface area contributed by atoms with Crippen molar-refractivity contribution >= 4 is 28.4 Å². The highest BCUT2D eigenvalue weighted by Gasteiger charge is 2.19. The Morgan fingerprint density at radius 2 is 1.84 bits per heavy atom. The largest absolute Gasteiger partial charge is 0.281 e. The summed E-state index contributed by atoms with van der Waals surface area (Å²) in [6, 6.07) is 15.4. The van der Waals surface area contributed by atoms with Crippen molar-refractivity contribution < 1.29 is 4.79 Å². The molecule has 0 heterocycles. The maximum Gasteiger partial charge on any atom is 0.229 e. The summed E-state index contributed by atoms with van der Waals surface area (Å²) in [4.78, 5) is 11.6. The van der Waals surface area contributed by atoms with Crippen LogP contribution in [0, 0.1) is 6.92 Å². The van der Waals surface area contributed by atoms with Crippen LogP contribution in [0.2, 0.25) is 5.02 Å². The molecule has 0 fully saturated rings. The predicted octanol–water partition coefficient (Wildman–Crippen LogP) is 4.74. The van der Waals surface area contributed by atoms with Crippen molar-refractivity contribution in [2.24, 2.45) is 0 Å². The first-order chi connectivity index (χ1) is 9.06. The Bertz CT molecular complexity index is 576. The van der Waals surface area contributed by atoms with Crippen molar-refractivity contribution in [1.29, 1.82) is 0 Å². The molecule has 98 valence electrons. The third kappa shape index (κ3) is 3.82. The van der Waals surface area contributed by atoms with Gasteiger partial charge in [0.2, 0.25) is 5.24 Å². The molecule has 2 aromatic rings. The Balaban J connectivity index is 2.26. The van der Waals surface area contributed by atoms with Gasteiger partial charge in [0, 0.05) is 5.02 Å². The molecule has 0 aliphatic rings. The molecule has 0 radical (unpaired) electrons. The Hall–Kier alpha value is -1.31. The summed E-state index contributed by atoms with van der Waals surface area (Å²) in [5.74, 6) is -0.358. The normalized spacial score (nSPS) is 12.2. The molecule has 0 spiro atoms. The van der Waals surface area contributed by atoms with E-state index in [-0.39, 0.29) is 11.2 Å². The highest BCUT2D eigenvalue weighted by Crippen LogP contribution is 2.26. The molecule has 0 aromatic heterocycles. The molecule has 1 unspecified atom stereocenters. The summed E-state index contributed by atoms with van der Waals surface area (Å²) in [5.41, 5.74) is 3.14. The first-order valence-electron chi connectivity index (χ1n) is 6.06. The van der Waals surface area contributed by atoms with Crippen molar-refractivity contribution in [1.82, 2.24) is 0 Å². The highest BCUT2D eigenvalue weighted by atomic mass is 35.5. The third-order valence-electron chi connectivity index (χ3n) is 3.09. The minimum absolute atomic E-state index is 0.358. The number of aryl methyl sites for hydroxylation is 1. The van der Waals surface area contributed by atoms with E-state index in [0.29, 0.717) is 11.4 Å². The van der Waals surface area contributed by atoms with Gasteiger partial charge >= 0.3 is 0 Å². The lowest BCUT2D eigenvalue weighted by Gasteiger charge is -2.13. The number of rotatable bonds is 4. The molecular weight excluding hydrogens is 279 g/mol. The molecule has 0 aliphatic carbocycles. The number of hydrogen-bond donors (Lipinski definition) is 0. The summed E-state index contributed by atoms with van der Waals surface area (Å²) in [6.07, 6.45) is 0.586. The summed E-state index contributed by atoms with van der Waals surface area (Å²) >= 11 is 11.7. The monoisotopic (exact) mass is 292 g/mol. The number of halogens is 2. The smallest absolute Gasteiger partial charge is 0.229 e. The minimum Gasteiger partial charge on any atom is -0.281 e. The second-order valence-electron chi connectivity index (χ2n) is 4.60. The number of hydrogen-bond acceptors (Lipinski definition) is 1. The third-order valence-corrected chi connectivity index (χ3v) is 3.58. The van der Waals surface area contributed by atoms with E-state index in [4.69, 9.17) is 23.2 Å². The fourth-order valence-corrected chi connectivity index (χ4v) is 2.41. The number of carbonyl (C=O) groups excluding carboxylic acids is 1. The van der Waals surface area contributed by atoms with Crippen LogP contribution in [0.1, 0.15) is 22.6 Å². The van der Waals surface area contributed by atoms with Crippen LogP contribution in [-0.2, 0) is 11.2 Å². The number of carbonyl (C=O) groups is 1. The average molecular weight is 293 g/mol. The van der Waals surface area contributed by atoms with Crippen LogP contribution < -0.4 is 0 Å². The summed E-state index contributed by atoms with van der Waals surface area (Å²) < 4.78 is 0. The van der Waals surface area contributed by atoms with Crippen molar-refractivity contribution in [3.05, 3.63) is 70.2 Å². The van der Waals surface area contributed by atoms with Gasteiger partial charge < -0.3 is 0 Å². The van der Waals surface area contributed by atoms with Gasteiger partial charge in [0.15, 0.2) is 0 Å². The highest BCUT2D eigenvalue weighted by molar-refractivity contribution is 6.64. The van der Waals surface area contributed by atoms with Crippen molar-refractivity contribution in [2.75, 3.05) is 0 Å². The topological polar surface area (TPSA) is 17.1 Å². The molecule has 0 bridgehead atoms. The van der Waals surface area contributed by atoms with Gasteiger partial charge in [0.05, 0.1) is 5.92 Å². The van der Waals surface area contributed by atoms with Crippen LogP contribution in [0.5, 0.6) is 0 Å². The van der Waals surface area contributed by atoms with Crippen LogP contribution in [0.15, 0.2) is 48.5 Å². The molecule has 0 saturated heterocycles. The average Bonchev–Trinajstić information content (AvgIpc) is 2.37. The van der Waals surface area contributed by atoms with E-state index in [0.717, 1.165) is 11.1 Å². The Morgan fingerprint density at radius 3 is 2.42 bits per heavy atom. The standard InChI is InChI=1S/C16H14Cl2O/c1-11-5-7-12(8-6-11)9-15(16(18)19)13-3-2-4-14(17)10-13/h2-8,10,15H,9H2,1H3.